The first kappa shape index (κ1) is 35.9. The number of nitrogens with zero attached hydrogens (tertiary/aromatic N) is 1. The Kier molecular flexibility index (Phi) is 12.1. The SMILES string of the molecule is CC(=O)NCc1c(F)cc(OCCCN(Cc2cccc(C(F)(F)F)c2Cl)CC(c2ccccc2)c2ccccc2)cc1S(C)(=O)=O. The van der Waals surface area contributed by atoms with Crippen LogP contribution in [0.3, 0.4) is 0 Å². The molecule has 47 heavy (non-hydrogen) atoms. The van der Waals surface area contributed by atoms with E-state index in [0.29, 0.717) is 25.1 Å². The Balaban J connectivity index is 1.58. The number of hydrogen-bond acceptors (Lipinski definition) is 5. The maximum absolute atomic E-state index is 15.0. The molecule has 0 aliphatic carbocycles. The van der Waals surface area contributed by atoms with Gasteiger partial charge in [0.2, 0.25) is 5.91 Å². The number of halogens is 5. The van der Waals surface area contributed by atoms with Crippen LogP contribution in [0.1, 0.15) is 47.1 Å². The van der Waals surface area contributed by atoms with Crippen LogP contribution in [0.4, 0.5) is 17.6 Å². The Morgan fingerprint density at radius 3 is 2.13 bits per heavy atom. The second kappa shape index (κ2) is 15.8. The van der Waals surface area contributed by atoms with Crippen molar-refractivity contribution >= 4 is 27.3 Å². The van der Waals surface area contributed by atoms with Crippen molar-refractivity contribution in [3.63, 3.8) is 0 Å². The van der Waals surface area contributed by atoms with E-state index in [2.05, 4.69) is 5.32 Å². The minimum Gasteiger partial charge on any atom is -0.493 e. The van der Waals surface area contributed by atoms with Gasteiger partial charge in [-0.05, 0) is 35.2 Å². The lowest BCUT2D eigenvalue weighted by atomic mass is 9.90. The fourth-order valence-corrected chi connectivity index (χ4v) is 6.53. The summed E-state index contributed by atoms with van der Waals surface area (Å²) in [6.07, 6.45) is -3.30. The van der Waals surface area contributed by atoms with E-state index in [1.165, 1.54) is 19.1 Å². The first-order valence-electron chi connectivity index (χ1n) is 14.8. The Labute approximate surface area is 277 Å². The van der Waals surface area contributed by atoms with Gasteiger partial charge in [0.1, 0.15) is 11.6 Å². The highest BCUT2D eigenvalue weighted by Gasteiger charge is 2.34. The number of nitrogens with one attached hydrogen (secondary N) is 1. The molecule has 0 saturated heterocycles. The normalized spacial score (nSPS) is 12.0. The van der Waals surface area contributed by atoms with Gasteiger partial charge in [-0.1, -0.05) is 84.4 Å². The van der Waals surface area contributed by atoms with Crippen molar-refractivity contribution in [1.82, 2.24) is 10.2 Å². The minimum atomic E-state index is -4.61. The van der Waals surface area contributed by atoms with Gasteiger partial charge < -0.3 is 10.1 Å². The molecular formula is C35H35ClF4N2O4S. The van der Waals surface area contributed by atoms with Gasteiger partial charge in [0.25, 0.3) is 0 Å². The van der Waals surface area contributed by atoms with Crippen molar-refractivity contribution < 1.29 is 35.5 Å². The molecule has 0 bridgehead atoms. The number of amides is 1. The smallest absolute Gasteiger partial charge is 0.417 e. The predicted octanol–water partition coefficient (Wildman–Crippen LogP) is 7.64. The molecule has 0 aliphatic rings. The fraction of sp³-hybridized carbons (Fsp3) is 0.286. The molecule has 4 aromatic rings. The van der Waals surface area contributed by atoms with E-state index in [4.69, 9.17) is 16.3 Å². The summed E-state index contributed by atoms with van der Waals surface area (Å²) in [5, 5.41) is 2.05. The number of carbonyl (C=O) groups excluding carboxylic acids is 1. The predicted molar refractivity (Wildman–Crippen MR) is 174 cm³/mol. The van der Waals surface area contributed by atoms with Gasteiger partial charge in [-0.25, -0.2) is 12.8 Å². The first-order valence-corrected chi connectivity index (χ1v) is 17.1. The van der Waals surface area contributed by atoms with E-state index in [9.17, 15) is 30.8 Å². The molecular weight excluding hydrogens is 656 g/mol. The summed E-state index contributed by atoms with van der Waals surface area (Å²) < 4.78 is 86.6. The van der Waals surface area contributed by atoms with Gasteiger partial charge in [0.05, 0.1) is 22.1 Å². The topological polar surface area (TPSA) is 75.7 Å². The third kappa shape index (κ3) is 10.0. The Morgan fingerprint density at radius 2 is 1.57 bits per heavy atom. The van der Waals surface area contributed by atoms with Gasteiger partial charge in [0, 0.05) is 56.9 Å². The molecule has 0 spiro atoms. The van der Waals surface area contributed by atoms with Crippen molar-refractivity contribution in [3.05, 3.63) is 130 Å². The fourth-order valence-electron chi connectivity index (χ4n) is 5.29. The van der Waals surface area contributed by atoms with E-state index in [1.54, 1.807) is 6.07 Å². The molecule has 1 N–H and O–H groups in total. The van der Waals surface area contributed by atoms with E-state index in [1.807, 2.05) is 65.6 Å². The average Bonchev–Trinajstić information content (AvgIpc) is 3.01. The average molecular weight is 691 g/mol. The molecule has 4 rings (SSSR count). The summed E-state index contributed by atoms with van der Waals surface area (Å²) in [6, 6.07) is 25.7. The van der Waals surface area contributed by atoms with Gasteiger partial charge in [-0.3, -0.25) is 9.69 Å². The second-order valence-corrected chi connectivity index (χ2v) is 13.5. The Morgan fingerprint density at radius 1 is 0.957 bits per heavy atom. The third-order valence-corrected chi connectivity index (χ3v) is 9.16. The monoisotopic (exact) mass is 690 g/mol. The summed E-state index contributed by atoms with van der Waals surface area (Å²) in [6.45, 7) is 1.91. The van der Waals surface area contributed by atoms with Crippen molar-refractivity contribution in [3.8, 4) is 5.75 Å². The van der Waals surface area contributed by atoms with Gasteiger partial charge in [-0.15, -0.1) is 0 Å². The molecule has 0 heterocycles. The van der Waals surface area contributed by atoms with Crippen molar-refractivity contribution in [2.45, 2.75) is 43.4 Å². The standard InChI is InChI=1S/C35H35ClF4N2O4S/c1-24(43)41-21-29-32(37)19-28(20-33(29)47(2,44)45)46-18-10-17-42(22-27-15-9-16-31(34(27)36)35(38,39)40)23-30(25-11-5-3-6-12-25)26-13-7-4-8-14-26/h3-9,11-16,19-20,30H,10,17-18,21-23H2,1-2H3,(H,41,43). The van der Waals surface area contributed by atoms with Gasteiger partial charge in [-0.2, -0.15) is 13.2 Å². The molecule has 0 saturated carbocycles. The number of ether oxygens (including phenoxy) is 1. The maximum Gasteiger partial charge on any atom is 0.417 e. The van der Waals surface area contributed by atoms with Crippen LogP contribution in [0.15, 0.2) is 95.9 Å². The number of hydrogen-bond donors (Lipinski definition) is 1. The lowest BCUT2D eigenvalue weighted by molar-refractivity contribution is -0.137. The Bertz CT molecular complexity index is 1730. The summed E-state index contributed by atoms with van der Waals surface area (Å²) in [5.74, 6) is -1.41. The van der Waals surface area contributed by atoms with Crippen LogP contribution in [0.5, 0.6) is 5.75 Å². The molecule has 0 atom stereocenters. The Hall–Kier alpha value is -3.93. The van der Waals surface area contributed by atoms with Crippen molar-refractivity contribution in [1.29, 1.82) is 0 Å². The summed E-state index contributed by atoms with van der Waals surface area (Å²) in [5.41, 5.74) is 1.29. The lowest BCUT2D eigenvalue weighted by Gasteiger charge is -2.29. The molecule has 0 unspecified atom stereocenters. The molecule has 0 aliphatic heterocycles. The van der Waals surface area contributed by atoms with Crippen molar-refractivity contribution in [2.75, 3.05) is 26.0 Å². The summed E-state index contributed by atoms with van der Waals surface area (Å²) in [4.78, 5) is 13.0. The van der Waals surface area contributed by atoms with E-state index < -0.39 is 33.3 Å². The number of benzene rings is 4. The molecule has 0 aromatic heterocycles. The van der Waals surface area contributed by atoms with E-state index >= 15 is 0 Å². The molecule has 250 valence electrons. The second-order valence-electron chi connectivity index (χ2n) is 11.2. The van der Waals surface area contributed by atoms with Crippen LogP contribution in [0.25, 0.3) is 0 Å². The summed E-state index contributed by atoms with van der Waals surface area (Å²) in [7, 11) is -3.86. The first-order chi connectivity index (χ1) is 22.2. The number of sulfone groups is 1. The summed E-state index contributed by atoms with van der Waals surface area (Å²) >= 11 is 6.29. The van der Waals surface area contributed by atoms with Crippen LogP contribution in [0, 0.1) is 5.82 Å². The highest BCUT2D eigenvalue weighted by molar-refractivity contribution is 7.90. The molecule has 4 aromatic carbocycles. The molecule has 0 fully saturated rings. The third-order valence-electron chi connectivity index (χ3n) is 7.55. The molecule has 0 radical (unpaired) electrons. The van der Waals surface area contributed by atoms with Crippen LogP contribution in [-0.4, -0.2) is 45.2 Å². The molecule has 6 nitrogen and oxygen atoms in total. The zero-order chi connectivity index (χ0) is 34.2. The zero-order valence-electron chi connectivity index (χ0n) is 25.9. The molecule has 1 amide bonds. The van der Waals surface area contributed by atoms with Gasteiger partial charge in [0.15, 0.2) is 9.84 Å². The van der Waals surface area contributed by atoms with Crippen LogP contribution in [0.2, 0.25) is 5.02 Å². The lowest BCUT2D eigenvalue weighted by Crippen LogP contribution is -2.31. The highest BCUT2D eigenvalue weighted by atomic mass is 35.5. The quantitative estimate of drug-likeness (QED) is 0.109. The number of rotatable bonds is 14. The van der Waals surface area contributed by atoms with Crippen LogP contribution in [-0.2, 0) is 33.9 Å². The highest BCUT2D eigenvalue weighted by Crippen LogP contribution is 2.37. The maximum atomic E-state index is 15.0. The number of carbonyl (C=O) groups is 1. The largest absolute Gasteiger partial charge is 0.493 e. The minimum absolute atomic E-state index is 0.00609. The van der Waals surface area contributed by atoms with E-state index in [-0.39, 0.29) is 46.8 Å². The van der Waals surface area contributed by atoms with Gasteiger partial charge >= 0.3 is 6.18 Å². The van der Waals surface area contributed by atoms with Crippen LogP contribution >= 0.6 is 11.6 Å². The van der Waals surface area contributed by atoms with Crippen molar-refractivity contribution in [2.24, 2.45) is 0 Å². The van der Waals surface area contributed by atoms with E-state index in [0.717, 1.165) is 29.5 Å². The zero-order valence-corrected chi connectivity index (χ0v) is 27.4. The number of alkyl halides is 3. The van der Waals surface area contributed by atoms with Crippen LogP contribution < -0.4 is 10.1 Å². The molecule has 12 heteroatoms.